The Bertz CT molecular complexity index is 965. The molecule has 5 nitrogen and oxygen atoms in total. The van der Waals surface area contributed by atoms with Gasteiger partial charge in [-0.05, 0) is 29.3 Å². The maximum absolute atomic E-state index is 13.9. The third kappa shape index (κ3) is 4.83. The standard InChI is InChI=1S/C23H26FN3O2/c24-18-5-3-4-17(14-18)20(21-16-26-22-7-2-1-6-19(21)22)15-23(28)25-8-9-27-10-12-29-13-11-27/h1-7,14,16,20,26H,8-13,15H2,(H,25,28). The van der Waals surface area contributed by atoms with Gasteiger partial charge in [0.25, 0.3) is 0 Å². The van der Waals surface area contributed by atoms with Crippen molar-refractivity contribution in [2.75, 3.05) is 39.4 Å². The van der Waals surface area contributed by atoms with Crippen LogP contribution in [0.15, 0.2) is 54.7 Å². The van der Waals surface area contributed by atoms with E-state index in [9.17, 15) is 9.18 Å². The number of amides is 1. The Morgan fingerprint density at radius 3 is 2.83 bits per heavy atom. The highest BCUT2D eigenvalue weighted by Crippen LogP contribution is 2.33. The average molecular weight is 395 g/mol. The van der Waals surface area contributed by atoms with Crippen LogP contribution in [0, 0.1) is 5.82 Å². The molecule has 1 amide bonds. The topological polar surface area (TPSA) is 57.4 Å². The van der Waals surface area contributed by atoms with E-state index in [2.05, 4.69) is 15.2 Å². The van der Waals surface area contributed by atoms with E-state index in [0.717, 1.165) is 54.9 Å². The number of halogens is 1. The molecule has 6 heteroatoms. The molecule has 0 radical (unpaired) electrons. The molecule has 1 unspecified atom stereocenters. The summed E-state index contributed by atoms with van der Waals surface area (Å²) in [7, 11) is 0. The lowest BCUT2D eigenvalue weighted by atomic mass is 9.88. The van der Waals surface area contributed by atoms with E-state index in [0.29, 0.717) is 6.54 Å². The average Bonchev–Trinajstić information content (AvgIpc) is 3.17. The minimum atomic E-state index is -0.292. The number of fused-ring (bicyclic) bond motifs is 1. The van der Waals surface area contributed by atoms with Gasteiger partial charge < -0.3 is 15.0 Å². The Labute approximate surface area is 169 Å². The second-order valence-corrected chi connectivity index (χ2v) is 7.41. The zero-order valence-corrected chi connectivity index (χ0v) is 16.4. The molecule has 1 aliphatic rings. The molecule has 1 atom stereocenters. The van der Waals surface area contributed by atoms with Crippen LogP contribution in [0.4, 0.5) is 4.39 Å². The molecule has 0 saturated carbocycles. The number of para-hydroxylation sites is 1. The monoisotopic (exact) mass is 395 g/mol. The summed E-state index contributed by atoms with van der Waals surface area (Å²) in [5.41, 5.74) is 2.82. The molecule has 3 aromatic rings. The van der Waals surface area contributed by atoms with E-state index in [4.69, 9.17) is 4.74 Å². The predicted molar refractivity (Wildman–Crippen MR) is 111 cm³/mol. The SMILES string of the molecule is O=C(CC(c1cccc(F)c1)c1c[nH]c2ccccc12)NCCN1CCOCC1. The number of carbonyl (C=O) groups is 1. The van der Waals surface area contributed by atoms with Crippen LogP contribution in [0.1, 0.15) is 23.5 Å². The van der Waals surface area contributed by atoms with Crippen molar-refractivity contribution in [2.45, 2.75) is 12.3 Å². The number of nitrogens with one attached hydrogen (secondary N) is 2. The first-order chi connectivity index (χ1) is 14.2. The Balaban J connectivity index is 1.49. The fourth-order valence-corrected chi connectivity index (χ4v) is 3.95. The molecule has 4 rings (SSSR count). The first kappa shape index (κ1) is 19.6. The van der Waals surface area contributed by atoms with Gasteiger partial charge in [0.1, 0.15) is 5.82 Å². The number of nitrogens with zero attached hydrogens (tertiary/aromatic N) is 1. The second kappa shape index (κ2) is 9.20. The zero-order valence-electron chi connectivity index (χ0n) is 16.4. The van der Waals surface area contributed by atoms with E-state index in [1.165, 1.54) is 12.1 Å². The molecule has 2 N–H and O–H groups in total. The number of morpholine rings is 1. The third-order valence-electron chi connectivity index (χ3n) is 5.49. The number of aromatic nitrogens is 1. The molecule has 29 heavy (non-hydrogen) atoms. The van der Waals surface area contributed by atoms with Crippen LogP contribution in [-0.2, 0) is 9.53 Å². The Morgan fingerprint density at radius 1 is 1.17 bits per heavy atom. The normalized spacial score (nSPS) is 16.0. The highest BCUT2D eigenvalue weighted by molar-refractivity contribution is 5.86. The maximum Gasteiger partial charge on any atom is 0.220 e. The van der Waals surface area contributed by atoms with Gasteiger partial charge in [-0.15, -0.1) is 0 Å². The first-order valence-electron chi connectivity index (χ1n) is 10.1. The van der Waals surface area contributed by atoms with Crippen molar-refractivity contribution in [2.24, 2.45) is 0 Å². The molecule has 0 spiro atoms. The van der Waals surface area contributed by atoms with E-state index in [1.807, 2.05) is 36.5 Å². The fraction of sp³-hybridized carbons (Fsp3) is 0.348. The molecular weight excluding hydrogens is 369 g/mol. The molecule has 2 aromatic carbocycles. The van der Waals surface area contributed by atoms with Gasteiger partial charge >= 0.3 is 0 Å². The summed E-state index contributed by atoms with van der Waals surface area (Å²) >= 11 is 0. The minimum absolute atomic E-state index is 0.0298. The van der Waals surface area contributed by atoms with Crippen molar-refractivity contribution in [1.29, 1.82) is 0 Å². The number of ether oxygens (including phenoxy) is 1. The summed E-state index contributed by atoms with van der Waals surface area (Å²) in [6, 6.07) is 14.5. The van der Waals surface area contributed by atoms with Crippen LogP contribution in [0.3, 0.4) is 0 Å². The molecule has 2 heterocycles. The van der Waals surface area contributed by atoms with E-state index in [1.54, 1.807) is 6.07 Å². The quantitative estimate of drug-likeness (QED) is 0.646. The highest BCUT2D eigenvalue weighted by Gasteiger charge is 2.22. The maximum atomic E-state index is 13.9. The Morgan fingerprint density at radius 2 is 2.00 bits per heavy atom. The van der Waals surface area contributed by atoms with Crippen LogP contribution < -0.4 is 5.32 Å². The van der Waals surface area contributed by atoms with Gasteiger partial charge in [0.15, 0.2) is 0 Å². The molecule has 152 valence electrons. The number of hydrogen-bond acceptors (Lipinski definition) is 3. The molecule has 1 aromatic heterocycles. The fourth-order valence-electron chi connectivity index (χ4n) is 3.95. The summed E-state index contributed by atoms with van der Waals surface area (Å²) < 4.78 is 19.3. The minimum Gasteiger partial charge on any atom is -0.379 e. The van der Waals surface area contributed by atoms with E-state index in [-0.39, 0.29) is 24.1 Å². The van der Waals surface area contributed by atoms with Gasteiger partial charge in [0.05, 0.1) is 13.2 Å². The van der Waals surface area contributed by atoms with Crippen molar-refractivity contribution in [3.63, 3.8) is 0 Å². The molecule has 1 fully saturated rings. The predicted octanol–water partition coefficient (Wildman–Crippen LogP) is 3.28. The van der Waals surface area contributed by atoms with Crippen LogP contribution in [0.25, 0.3) is 10.9 Å². The van der Waals surface area contributed by atoms with Gasteiger partial charge in [0, 0.05) is 55.6 Å². The van der Waals surface area contributed by atoms with Crippen molar-refractivity contribution >= 4 is 16.8 Å². The number of aromatic amines is 1. The summed E-state index contributed by atoms with van der Waals surface area (Å²) in [6.07, 6.45) is 2.20. The van der Waals surface area contributed by atoms with Crippen LogP contribution in [0.5, 0.6) is 0 Å². The second-order valence-electron chi connectivity index (χ2n) is 7.41. The van der Waals surface area contributed by atoms with Crippen molar-refractivity contribution in [3.05, 3.63) is 71.7 Å². The summed E-state index contributed by atoms with van der Waals surface area (Å²) in [4.78, 5) is 18.3. The summed E-state index contributed by atoms with van der Waals surface area (Å²) in [5, 5.41) is 4.09. The third-order valence-corrected chi connectivity index (χ3v) is 5.49. The van der Waals surface area contributed by atoms with Gasteiger partial charge in [-0.1, -0.05) is 30.3 Å². The lowest BCUT2D eigenvalue weighted by molar-refractivity contribution is -0.121. The van der Waals surface area contributed by atoms with Crippen molar-refractivity contribution in [1.82, 2.24) is 15.2 Å². The molecule has 0 bridgehead atoms. The van der Waals surface area contributed by atoms with Crippen molar-refractivity contribution < 1.29 is 13.9 Å². The number of hydrogen-bond donors (Lipinski definition) is 2. The van der Waals surface area contributed by atoms with Gasteiger partial charge in [0.2, 0.25) is 5.91 Å². The van der Waals surface area contributed by atoms with E-state index < -0.39 is 0 Å². The van der Waals surface area contributed by atoms with Crippen LogP contribution in [-0.4, -0.2) is 55.2 Å². The number of H-pyrrole nitrogens is 1. The molecule has 1 aliphatic heterocycles. The van der Waals surface area contributed by atoms with Crippen molar-refractivity contribution in [3.8, 4) is 0 Å². The molecular formula is C23H26FN3O2. The van der Waals surface area contributed by atoms with Crippen LogP contribution in [0.2, 0.25) is 0 Å². The Kier molecular flexibility index (Phi) is 6.22. The number of rotatable bonds is 7. The largest absolute Gasteiger partial charge is 0.379 e. The lowest BCUT2D eigenvalue weighted by Gasteiger charge is -2.26. The number of benzene rings is 2. The van der Waals surface area contributed by atoms with Crippen LogP contribution >= 0.6 is 0 Å². The lowest BCUT2D eigenvalue weighted by Crippen LogP contribution is -2.41. The number of carbonyl (C=O) groups excluding carboxylic acids is 1. The molecule has 0 aliphatic carbocycles. The first-order valence-corrected chi connectivity index (χ1v) is 10.1. The zero-order chi connectivity index (χ0) is 20.1. The molecule has 1 saturated heterocycles. The summed E-state index contributed by atoms with van der Waals surface area (Å²) in [6.45, 7) is 4.70. The van der Waals surface area contributed by atoms with Gasteiger partial charge in [-0.3, -0.25) is 9.69 Å². The summed E-state index contributed by atoms with van der Waals surface area (Å²) in [5.74, 6) is -0.539. The van der Waals surface area contributed by atoms with Gasteiger partial charge in [-0.2, -0.15) is 0 Å². The highest BCUT2D eigenvalue weighted by atomic mass is 19.1. The Hall–Kier alpha value is -2.70. The van der Waals surface area contributed by atoms with Gasteiger partial charge in [-0.25, -0.2) is 4.39 Å². The van der Waals surface area contributed by atoms with E-state index >= 15 is 0 Å². The smallest absolute Gasteiger partial charge is 0.220 e.